The van der Waals surface area contributed by atoms with E-state index in [2.05, 4.69) is 15.7 Å². The molecule has 1 fully saturated rings. The fourth-order valence-corrected chi connectivity index (χ4v) is 4.50. The first kappa shape index (κ1) is 24.7. The molecule has 1 aromatic carbocycles. The van der Waals surface area contributed by atoms with Gasteiger partial charge in [-0.15, -0.1) is 0 Å². The fraction of sp³-hybridized carbons (Fsp3) is 0.423. The van der Waals surface area contributed by atoms with Gasteiger partial charge in [0.1, 0.15) is 12.6 Å². The molecule has 2 N–H and O–H groups in total. The first-order valence-electron chi connectivity index (χ1n) is 11.8. The number of nitrogens with zero attached hydrogens (tertiary/aromatic N) is 2. The zero-order valence-corrected chi connectivity index (χ0v) is 19.9. The highest BCUT2D eigenvalue weighted by Gasteiger charge is 2.33. The third-order valence-corrected chi connectivity index (χ3v) is 6.47. The molecule has 1 aliphatic carbocycles. The number of allylic oxidation sites excluding steroid dienone is 2. The highest BCUT2D eigenvalue weighted by atomic mass is 16.5. The molecule has 0 radical (unpaired) electrons. The maximum atomic E-state index is 12.7. The zero-order valence-electron chi connectivity index (χ0n) is 19.9. The van der Waals surface area contributed by atoms with Gasteiger partial charge in [-0.05, 0) is 35.3 Å². The average Bonchev–Trinajstić information content (AvgIpc) is 3.28. The monoisotopic (exact) mass is 481 g/mol. The van der Waals surface area contributed by atoms with Crippen molar-refractivity contribution in [3.8, 4) is 0 Å². The minimum Gasteiger partial charge on any atom is -0.484 e. The Labute approximate surface area is 204 Å². The van der Waals surface area contributed by atoms with E-state index in [0.29, 0.717) is 12.1 Å². The van der Waals surface area contributed by atoms with Gasteiger partial charge in [-0.3, -0.25) is 19.3 Å². The molecule has 1 atom stereocenters. The Hall–Kier alpha value is -3.43. The SMILES string of the molecule is COC(=O)CCC(C(N)=O)N1C=C2C=CC(=O)C(OCc3ccccc3CN3CCOCC3)=C2C1. The maximum Gasteiger partial charge on any atom is 0.305 e. The Bertz CT molecular complexity index is 1070. The molecule has 9 heteroatoms. The van der Waals surface area contributed by atoms with Crippen LogP contribution in [-0.2, 0) is 41.7 Å². The summed E-state index contributed by atoms with van der Waals surface area (Å²) in [5.74, 6) is -0.886. The summed E-state index contributed by atoms with van der Waals surface area (Å²) in [5, 5.41) is 0. The molecule has 35 heavy (non-hydrogen) atoms. The molecule has 1 saturated heterocycles. The van der Waals surface area contributed by atoms with Crippen molar-refractivity contribution in [3.05, 3.63) is 70.6 Å². The Balaban J connectivity index is 1.48. The molecule has 1 aromatic rings. The number of morpholine rings is 1. The van der Waals surface area contributed by atoms with Gasteiger partial charge in [0, 0.05) is 44.4 Å². The van der Waals surface area contributed by atoms with E-state index < -0.39 is 17.9 Å². The van der Waals surface area contributed by atoms with Gasteiger partial charge in [0.25, 0.3) is 0 Å². The van der Waals surface area contributed by atoms with E-state index in [-0.39, 0.29) is 31.0 Å². The summed E-state index contributed by atoms with van der Waals surface area (Å²) >= 11 is 0. The van der Waals surface area contributed by atoms with Crippen molar-refractivity contribution >= 4 is 17.7 Å². The number of fused-ring (bicyclic) bond motifs is 1. The lowest BCUT2D eigenvalue weighted by molar-refractivity contribution is -0.141. The van der Waals surface area contributed by atoms with E-state index in [1.54, 1.807) is 17.2 Å². The largest absolute Gasteiger partial charge is 0.484 e. The number of primary amides is 1. The zero-order chi connectivity index (χ0) is 24.8. The van der Waals surface area contributed by atoms with Crippen molar-refractivity contribution < 1.29 is 28.6 Å². The van der Waals surface area contributed by atoms with Gasteiger partial charge in [-0.1, -0.05) is 24.3 Å². The first-order valence-corrected chi connectivity index (χ1v) is 11.8. The number of nitrogens with two attached hydrogens (primary N) is 1. The molecule has 0 spiro atoms. The quantitative estimate of drug-likeness (QED) is 0.500. The Kier molecular flexibility index (Phi) is 7.99. The van der Waals surface area contributed by atoms with E-state index in [1.165, 1.54) is 13.2 Å². The number of carbonyl (C=O) groups is 3. The Morgan fingerprint density at radius 3 is 2.60 bits per heavy atom. The molecule has 0 saturated carbocycles. The number of ether oxygens (including phenoxy) is 3. The molecule has 3 aliphatic rings. The van der Waals surface area contributed by atoms with Crippen LogP contribution in [0.3, 0.4) is 0 Å². The van der Waals surface area contributed by atoms with E-state index in [9.17, 15) is 14.4 Å². The lowest BCUT2D eigenvalue weighted by atomic mass is 10.00. The van der Waals surface area contributed by atoms with Crippen molar-refractivity contribution in [3.63, 3.8) is 0 Å². The first-order chi connectivity index (χ1) is 17.0. The summed E-state index contributed by atoms with van der Waals surface area (Å²) in [7, 11) is 1.30. The topological polar surface area (TPSA) is 111 Å². The van der Waals surface area contributed by atoms with Crippen molar-refractivity contribution in [1.29, 1.82) is 0 Å². The number of esters is 1. The predicted molar refractivity (Wildman–Crippen MR) is 128 cm³/mol. The summed E-state index contributed by atoms with van der Waals surface area (Å²) in [4.78, 5) is 40.5. The fourth-order valence-electron chi connectivity index (χ4n) is 4.50. The molecule has 186 valence electrons. The molecular formula is C26H31N3O6. The van der Waals surface area contributed by atoms with Crippen LogP contribution >= 0.6 is 0 Å². The third-order valence-electron chi connectivity index (χ3n) is 6.47. The van der Waals surface area contributed by atoms with Crippen LogP contribution in [0.15, 0.2) is 59.5 Å². The highest BCUT2D eigenvalue weighted by Crippen LogP contribution is 2.32. The minimum absolute atomic E-state index is 0.0703. The van der Waals surface area contributed by atoms with Crippen molar-refractivity contribution in [2.24, 2.45) is 5.73 Å². The average molecular weight is 482 g/mol. The molecule has 1 amide bonds. The molecule has 4 rings (SSSR count). The van der Waals surface area contributed by atoms with Crippen LogP contribution in [-0.4, -0.2) is 73.5 Å². The molecule has 0 bridgehead atoms. The van der Waals surface area contributed by atoms with Gasteiger partial charge in [0.05, 0.1) is 20.3 Å². The standard InChI is InChI=1S/C26H31N3O6/c1-33-24(31)9-7-22(26(27)32)29-15-19-6-8-23(30)25(21(19)16-29)35-17-20-5-3-2-4-18(20)14-28-10-12-34-13-11-28/h2-6,8,15,22H,7,9-14,16-17H2,1H3,(H2,27,32). The highest BCUT2D eigenvalue weighted by molar-refractivity contribution is 6.05. The number of methoxy groups -OCH3 is 1. The van der Waals surface area contributed by atoms with E-state index >= 15 is 0 Å². The molecule has 2 aliphatic heterocycles. The summed E-state index contributed by atoms with van der Waals surface area (Å²) < 4.78 is 16.2. The van der Waals surface area contributed by atoms with Gasteiger partial charge in [0.15, 0.2) is 5.76 Å². The second-order valence-electron chi connectivity index (χ2n) is 8.74. The van der Waals surface area contributed by atoms with Crippen LogP contribution in [0, 0.1) is 0 Å². The lowest BCUT2D eigenvalue weighted by Crippen LogP contribution is -2.41. The van der Waals surface area contributed by atoms with Crippen LogP contribution in [0.25, 0.3) is 0 Å². The minimum atomic E-state index is -0.696. The van der Waals surface area contributed by atoms with Gasteiger partial charge in [0.2, 0.25) is 11.7 Å². The maximum absolute atomic E-state index is 12.7. The number of carbonyl (C=O) groups excluding carboxylic acids is 3. The Morgan fingerprint density at radius 1 is 1.14 bits per heavy atom. The van der Waals surface area contributed by atoms with Crippen molar-refractivity contribution in [2.75, 3.05) is 40.0 Å². The predicted octanol–water partition coefficient (Wildman–Crippen LogP) is 1.44. The van der Waals surface area contributed by atoms with Crippen LogP contribution in [0.1, 0.15) is 24.0 Å². The van der Waals surface area contributed by atoms with Crippen molar-refractivity contribution in [1.82, 2.24) is 9.80 Å². The molecule has 9 nitrogen and oxygen atoms in total. The summed E-state index contributed by atoms with van der Waals surface area (Å²) in [5.41, 5.74) is 9.30. The summed E-state index contributed by atoms with van der Waals surface area (Å²) in [6, 6.07) is 7.36. The van der Waals surface area contributed by atoms with Gasteiger partial charge in [-0.25, -0.2) is 0 Å². The smallest absolute Gasteiger partial charge is 0.305 e. The lowest BCUT2D eigenvalue weighted by Gasteiger charge is -2.27. The molecule has 2 heterocycles. The van der Waals surface area contributed by atoms with E-state index in [4.69, 9.17) is 15.2 Å². The van der Waals surface area contributed by atoms with E-state index in [1.807, 2.05) is 18.2 Å². The number of amides is 1. The second-order valence-corrected chi connectivity index (χ2v) is 8.74. The second kappa shape index (κ2) is 11.3. The van der Waals surface area contributed by atoms with Gasteiger partial charge < -0.3 is 24.8 Å². The van der Waals surface area contributed by atoms with Gasteiger partial charge >= 0.3 is 5.97 Å². The number of hydrogen-bond acceptors (Lipinski definition) is 8. The molecule has 0 aromatic heterocycles. The molecular weight excluding hydrogens is 450 g/mol. The van der Waals surface area contributed by atoms with Crippen LogP contribution in [0.5, 0.6) is 0 Å². The summed E-state index contributed by atoms with van der Waals surface area (Å²) in [6.07, 6.45) is 5.28. The molecule has 1 unspecified atom stereocenters. The van der Waals surface area contributed by atoms with Gasteiger partial charge in [-0.2, -0.15) is 0 Å². The summed E-state index contributed by atoms with van der Waals surface area (Å²) in [6.45, 7) is 4.57. The Morgan fingerprint density at radius 2 is 1.89 bits per heavy atom. The van der Waals surface area contributed by atoms with Crippen LogP contribution in [0.2, 0.25) is 0 Å². The van der Waals surface area contributed by atoms with Crippen LogP contribution < -0.4 is 5.73 Å². The number of rotatable bonds is 10. The van der Waals surface area contributed by atoms with Crippen LogP contribution in [0.4, 0.5) is 0 Å². The number of benzene rings is 1. The number of ketones is 1. The third kappa shape index (κ3) is 5.98. The van der Waals surface area contributed by atoms with Crippen molar-refractivity contribution in [2.45, 2.75) is 32.0 Å². The van der Waals surface area contributed by atoms with E-state index in [0.717, 1.165) is 49.5 Å². The number of hydrogen-bond donors (Lipinski definition) is 1. The normalized spacial score (nSPS) is 18.8.